The molecule has 0 aromatic heterocycles. The first-order chi connectivity index (χ1) is 15.5. The van der Waals surface area contributed by atoms with Gasteiger partial charge in [-0.3, -0.25) is 4.90 Å². The summed E-state index contributed by atoms with van der Waals surface area (Å²) in [6.45, 7) is 8.42. The van der Waals surface area contributed by atoms with Crippen molar-refractivity contribution in [3.8, 4) is 11.5 Å². The van der Waals surface area contributed by atoms with Crippen LogP contribution < -0.4 is 14.8 Å². The van der Waals surface area contributed by atoms with Gasteiger partial charge in [0.05, 0.1) is 7.11 Å². The highest BCUT2D eigenvalue weighted by Gasteiger charge is 2.19. The standard InChI is InChI=1S/C24H33F2N3O3/c1-3-28-9-11-29(12-10-28)16-19(30)17-32-23-8-7-18(13-24(23)31-2)14-27-15-20-21(25)5-4-6-22(20)26/h4-8,13,19,27,30H,3,9-12,14-17H2,1-2H3/t19-/m0/s1. The van der Waals surface area contributed by atoms with Gasteiger partial charge in [0.1, 0.15) is 24.3 Å². The minimum Gasteiger partial charge on any atom is -0.493 e. The molecule has 0 radical (unpaired) electrons. The van der Waals surface area contributed by atoms with Crippen molar-refractivity contribution < 1.29 is 23.4 Å². The Labute approximate surface area is 188 Å². The summed E-state index contributed by atoms with van der Waals surface area (Å²) >= 11 is 0. The van der Waals surface area contributed by atoms with E-state index in [2.05, 4.69) is 22.0 Å². The van der Waals surface area contributed by atoms with Crippen molar-refractivity contribution in [3.63, 3.8) is 0 Å². The molecule has 0 unspecified atom stereocenters. The molecule has 1 heterocycles. The molecule has 0 saturated carbocycles. The lowest BCUT2D eigenvalue weighted by atomic mass is 10.1. The number of likely N-dealkylation sites (N-methyl/N-ethyl adjacent to an activating group) is 1. The molecule has 6 nitrogen and oxygen atoms in total. The lowest BCUT2D eigenvalue weighted by molar-refractivity contribution is 0.0464. The molecule has 1 atom stereocenters. The summed E-state index contributed by atoms with van der Waals surface area (Å²) in [4.78, 5) is 4.65. The molecule has 2 aromatic rings. The topological polar surface area (TPSA) is 57.2 Å². The van der Waals surface area contributed by atoms with Crippen LogP contribution in [0.5, 0.6) is 11.5 Å². The molecule has 0 spiro atoms. The van der Waals surface area contributed by atoms with Gasteiger partial charge >= 0.3 is 0 Å². The van der Waals surface area contributed by atoms with Crippen LogP contribution in [0.1, 0.15) is 18.1 Å². The van der Waals surface area contributed by atoms with Crippen molar-refractivity contribution in [1.82, 2.24) is 15.1 Å². The lowest BCUT2D eigenvalue weighted by Crippen LogP contribution is -2.49. The molecule has 0 amide bonds. The van der Waals surface area contributed by atoms with Crippen LogP contribution >= 0.6 is 0 Å². The molecular weight excluding hydrogens is 416 g/mol. The Morgan fingerprint density at radius 2 is 1.69 bits per heavy atom. The van der Waals surface area contributed by atoms with Crippen molar-refractivity contribution in [2.45, 2.75) is 26.1 Å². The maximum Gasteiger partial charge on any atom is 0.161 e. The monoisotopic (exact) mass is 449 g/mol. The Hall–Kier alpha value is -2.26. The Kier molecular flexibility index (Phi) is 9.23. The van der Waals surface area contributed by atoms with Gasteiger partial charge in [-0.1, -0.05) is 19.1 Å². The zero-order valence-electron chi connectivity index (χ0n) is 18.8. The highest BCUT2D eigenvalue weighted by molar-refractivity contribution is 5.43. The van der Waals surface area contributed by atoms with Crippen LogP contribution in [0, 0.1) is 11.6 Å². The van der Waals surface area contributed by atoms with Gasteiger partial charge in [-0.15, -0.1) is 0 Å². The predicted octanol–water partition coefficient (Wildman–Crippen LogP) is 2.64. The van der Waals surface area contributed by atoms with Gasteiger partial charge in [-0.25, -0.2) is 8.78 Å². The zero-order chi connectivity index (χ0) is 22.9. The Morgan fingerprint density at radius 3 is 2.34 bits per heavy atom. The SMILES string of the molecule is CCN1CCN(C[C@H](O)COc2ccc(CNCc3c(F)cccc3F)cc2OC)CC1. The molecule has 0 bridgehead atoms. The van der Waals surface area contributed by atoms with Crippen LogP contribution in [0.3, 0.4) is 0 Å². The van der Waals surface area contributed by atoms with Crippen molar-refractivity contribution >= 4 is 0 Å². The van der Waals surface area contributed by atoms with Crippen LogP contribution in [-0.2, 0) is 13.1 Å². The summed E-state index contributed by atoms with van der Waals surface area (Å²) in [6.07, 6.45) is -0.593. The van der Waals surface area contributed by atoms with E-state index in [0.29, 0.717) is 24.6 Å². The number of aliphatic hydroxyl groups is 1. The van der Waals surface area contributed by atoms with Gasteiger partial charge in [0, 0.05) is 51.4 Å². The number of hydrogen-bond acceptors (Lipinski definition) is 6. The number of nitrogens with one attached hydrogen (secondary N) is 1. The summed E-state index contributed by atoms with van der Waals surface area (Å²) in [5, 5.41) is 13.4. The molecule has 8 heteroatoms. The number of methoxy groups -OCH3 is 1. The number of piperazine rings is 1. The summed E-state index contributed by atoms with van der Waals surface area (Å²) < 4.78 is 38.7. The van der Waals surface area contributed by atoms with E-state index in [-0.39, 0.29) is 18.7 Å². The molecule has 1 aliphatic heterocycles. The number of benzene rings is 2. The number of aliphatic hydroxyl groups excluding tert-OH is 1. The summed E-state index contributed by atoms with van der Waals surface area (Å²) in [7, 11) is 1.55. The number of β-amino-alcohol motifs (C(OH)–C–C–N with tert-alkyl or cyclic N) is 1. The van der Waals surface area contributed by atoms with E-state index in [0.717, 1.165) is 38.3 Å². The smallest absolute Gasteiger partial charge is 0.161 e. The van der Waals surface area contributed by atoms with E-state index in [1.165, 1.54) is 18.2 Å². The highest BCUT2D eigenvalue weighted by atomic mass is 19.1. The number of rotatable bonds is 11. The molecule has 2 N–H and O–H groups in total. The summed E-state index contributed by atoms with van der Waals surface area (Å²) in [5.74, 6) is -0.0364. The Bertz CT molecular complexity index is 840. The fraction of sp³-hybridized carbons (Fsp3) is 0.500. The van der Waals surface area contributed by atoms with Crippen molar-refractivity contribution in [2.24, 2.45) is 0 Å². The van der Waals surface area contributed by atoms with Crippen molar-refractivity contribution in [1.29, 1.82) is 0 Å². The molecule has 1 saturated heterocycles. The van der Waals surface area contributed by atoms with Gasteiger partial charge in [-0.05, 0) is 36.4 Å². The zero-order valence-corrected chi connectivity index (χ0v) is 18.8. The summed E-state index contributed by atoms with van der Waals surface area (Å²) in [5.41, 5.74) is 0.907. The molecule has 176 valence electrons. The third kappa shape index (κ3) is 6.87. The molecule has 32 heavy (non-hydrogen) atoms. The number of hydrogen-bond donors (Lipinski definition) is 2. The van der Waals surface area contributed by atoms with E-state index in [1.807, 2.05) is 12.1 Å². The van der Waals surface area contributed by atoms with Crippen LogP contribution in [0.4, 0.5) is 8.78 Å². The average Bonchev–Trinajstić information content (AvgIpc) is 2.80. The van der Waals surface area contributed by atoms with E-state index >= 15 is 0 Å². The minimum atomic E-state index is -0.593. The first-order valence-corrected chi connectivity index (χ1v) is 11.1. The van der Waals surface area contributed by atoms with Crippen LogP contribution in [-0.4, -0.2) is 74.0 Å². The van der Waals surface area contributed by atoms with Crippen LogP contribution in [0.15, 0.2) is 36.4 Å². The average molecular weight is 450 g/mol. The third-order valence-corrected chi connectivity index (χ3v) is 5.73. The van der Waals surface area contributed by atoms with Crippen molar-refractivity contribution in [2.75, 3.05) is 53.0 Å². The molecular formula is C24H33F2N3O3. The summed E-state index contributed by atoms with van der Waals surface area (Å²) in [6, 6.07) is 9.30. The highest BCUT2D eigenvalue weighted by Crippen LogP contribution is 2.28. The van der Waals surface area contributed by atoms with Gasteiger partial charge < -0.3 is 24.8 Å². The largest absolute Gasteiger partial charge is 0.493 e. The fourth-order valence-corrected chi connectivity index (χ4v) is 3.80. The minimum absolute atomic E-state index is 0.0181. The lowest BCUT2D eigenvalue weighted by Gasteiger charge is -2.34. The molecule has 2 aromatic carbocycles. The maximum atomic E-state index is 13.7. The van der Waals surface area contributed by atoms with E-state index in [1.54, 1.807) is 13.2 Å². The fourth-order valence-electron chi connectivity index (χ4n) is 3.80. The number of ether oxygens (including phenoxy) is 2. The van der Waals surface area contributed by atoms with Gasteiger partial charge in [0.25, 0.3) is 0 Å². The maximum absolute atomic E-state index is 13.7. The number of halogens is 2. The molecule has 1 aliphatic rings. The van der Waals surface area contributed by atoms with Crippen LogP contribution in [0.25, 0.3) is 0 Å². The second kappa shape index (κ2) is 12.1. The van der Waals surface area contributed by atoms with E-state index in [9.17, 15) is 13.9 Å². The second-order valence-electron chi connectivity index (χ2n) is 7.99. The molecule has 3 rings (SSSR count). The second-order valence-corrected chi connectivity index (χ2v) is 7.99. The Morgan fingerprint density at radius 1 is 1.00 bits per heavy atom. The van der Waals surface area contributed by atoms with Crippen LogP contribution in [0.2, 0.25) is 0 Å². The van der Waals surface area contributed by atoms with Gasteiger partial charge in [0.2, 0.25) is 0 Å². The first-order valence-electron chi connectivity index (χ1n) is 11.1. The number of nitrogens with zero attached hydrogens (tertiary/aromatic N) is 2. The van der Waals surface area contributed by atoms with Gasteiger partial charge in [0.15, 0.2) is 11.5 Å². The first kappa shape index (κ1) is 24.4. The predicted molar refractivity (Wildman–Crippen MR) is 120 cm³/mol. The molecule has 0 aliphatic carbocycles. The third-order valence-electron chi connectivity index (χ3n) is 5.73. The van der Waals surface area contributed by atoms with Crippen molar-refractivity contribution in [3.05, 3.63) is 59.2 Å². The molecule has 1 fully saturated rings. The quantitative estimate of drug-likeness (QED) is 0.550. The van der Waals surface area contributed by atoms with Gasteiger partial charge in [-0.2, -0.15) is 0 Å². The Balaban J connectivity index is 1.47. The van der Waals surface area contributed by atoms with E-state index in [4.69, 9.17) is 9.47 Å². The normalized spacial score (nSPS) is 16.2. The van der Waals surface area contributed by atoms with E-state index < -0.39 is 17.7 Å².